The van der Waals surface area contributed by atoms with Crippen molar-refractivity contribution in [3.8, 4) is 0 Å². The van der Waals surface area contributed by atoms with Crippen LogP contribution in [0.15, 0.2) is 54.1 Å². The van der Waals surface area contributed by atoms with Gasteiger partial charge in [-0.2, -0.15) is 0 Å². The third-order valence-corrected chi connectivity index (χ3v) is 6.48. The smallest absolute Gasteiger partial charge is 0.123 e. The molecule has 2 fully saturated rings. The van der Waals surface area contributed by atoms with E-state index in [9.17, 15) is 8.78 Å². The first-order valence-electron chi connectivity index (χ1n) is 11.4. The minimum absolute atomic E-state index is 0.231. The van der Waals surface area contributed by atoms with Crippen molar-refractivity contribution in [2.24, 2.45) is 0 Å². The summed E-state index contributed by atoms with van der Waals surface area (Å²) in [6, 6.07) is 13.4. The van der Waals surface area contributed by atoms with Gasteiger partial charge in [0.05, 0.1) is 0 Å². The van der Waals surface area contributed by atoms with Crippen LogP contribution in [0.5, 0.6) is 0 Å². The van der Waals surface area contributed by atoms with E-state index in [0.29, 0.717) is 0 Å². The lowest BCUT2D eigenvalue weighted by Crippen LogP contribution is -2.35. The molecule has 0 N–H and O–H groups in total. The zero-order valence-electron chi connectivity index (χ0n) is 17.8. The van der Waals surface area contributed by atoms with Crippen LogP contribution in [-0.4, -0.2) is 49.1 Å². The standard InChI is InChI=1S/C26H32F2N2/c27-24-9-5-21(6-10-24)26(22-7-11-25(28)12-8-22)23-13-19-30(20-14-23)18-4-17-29-15-2-1-3-16-29/h5-12H,1-4,13-20H2. The van der Waals surface area contributed by atoms with Gasteiger partial charge in [0, 0.05) is 13.1 Å². The fraction of sp³-hybridized carbons (Fsp3) is 0.462. The van der Waals surface area contributed by atoms with Crippen molar-refractivity contribution in [1.82, 2.24) is 9.80 Å². The quantitative estimate of drug-likeness (QED) is 0.599. The van der Waals surface area contributed by atoms with E-state index >= 15 is 0 Å². The Balaban J connectivity index is 1.42. The van der Waals surface area contributed by atoms with Gasteiger partial charge < -0.3 is 9.80 Å². The Labute approximate surface area is 179 Å². The van der Waals surface area contributed by atoms with E-state index < -0.39 is 0 Å². The van der Waals surface area contributed by atoms with Gasteiger partial charge in [-0.15, -0.1) is 0 Å². The fourth-order valence-electron chi connectivity index (χ4n) is 4.81. The van der Waals surface area contributed by atoms with Gasteiger partial charge in [-0.1, -0.05) is 36.3 Å². The minimum Gasteiger partial charge on any atom is -0.303 e. The van der Waals surface area contributed by atoms with E-state index in [1.165, 1.54) is 75.2 Å². The second-order valence-electron chi connectivity index (χ2n) is 8.59. The van der Waals surface area contributed by atoms with Crippen molar-refractivity contribution in [1.29, 1.82) is 0 Å². The molecule has 4 heteroatoms. The number of hydrogen-bond donors (Lipinski definition) is 0. The van der Waals surface area contributed by atoms with Crippen LogP contribution in [0.25, 0.3) is 5.57 Å². The molecule has 0 aliphatic carbocycles. The molecule has 4 rings (SSSR count). The number of hydrogen-bond acceptors (Lipinski definition) is 2. The number of rotatable bonds is 6. The zero-order valence-corrected chi connectivity index (χ0v) is 17.8. The molecule has 2 nitrogen and oxygen atoms in total. The molecule has 160 valence electrons. The van der Waals surface area contributed by atoms with Crippen LogP contribution in [-0.2, 0) is 0 Å². The molecule has 2 aliphatic rings. The summed E-state index contributed by atoms with van der Waals surface area (Å²) >= 11 is 0. The lowest BCUT2D eigenvalue weighted by Gasteiger charge is -2.32. The predicted octanol–water partition coefficient (Wildman–Crippen LogP) is 5.74. The Morgan fingerprint density at radius 1 is 0.633 bits per heavy atom. The number of piperidine rings is 2. The van der Waals surface area contributed by atoms with Gasteiger partial charge in [0.2, 0.25) is 0 Å². The number of benzene rings is 2. The average molecular weight is 411 g/mol. The summed E-state index contributed by atoms with van der Waals surface area (Å²) in [5, 5.41) is 0. The van der Waals surface area contributed by atoms with Crippen LogP contribution in [0, 0.1) is 11.6 Å². The summed E-state index contributed by atoms with van der Waals surface area (Å²) in [6.45, 7) is 7.03. The van der Waals surface area contributed by atoms with Crippen molar-refractivity contribution in [2.75, 3.05) is 39.3 Å². The Kier molecular flexibility index (Phi) is 7.29. The molecule has 0 bridgehead atoms. The van der Waals surface area contributed by atoms with Gasteiger partial charge in [-0.3, -0.25) is 0 Å². The van der Waals surface area contributed by atoms with Crippen LogP contribution in [0.2, 0.25) is 0 Å². The van der Waals surface area contributed by atoms with Gasteiger partial charge in [0.1, 0.15) is 11.6 Å². The molecule has 0 aromatic heterocycles. The van der Waals surface area contributed by atoms with E-state index in [-0.39, 0.29) is 11.6 Å². The highest BCUT2D eigenvalue weighted by Gasteiger charge is 2.19. The molecule has 2 aromatic carbocycles. The normalized spacial score (nSPS) is 18.5. The Bertz CT molecular complexity index is 779. The maximum atomic E-state index is 13.5. The van der Waals surface area contributed by atoms with Gasteiger partial charge in [-0.05, 0) is 99.2 Å². The monoisotopic (exact) mass is 410 g/mol. The highest BCUT2D eigenvalue weighted by Crippen LogP contribution is 2.32. The maximum Gasteiger partial charge on any atom is 0.123 e. The summed E-state index contributed by atoms with van der Waals surface area (Å²) in [5.74, 6) is -0.462. The van der Waals surface area contributed by atoms with Crippen molar-refractivity contribution < 1.29 is 8.78 Å². The predicted molar refractivity (Wildman–Crippen MR) is 119 cm³/mol. The van der Waals surface area contributed by atoms with Crippen LogP contribution in [0.4, 0.5) is 8.78 Å². The van der Waals surface area contributed by atoms with Crippen molar-refractivity contribution in [3.63, 3.8) is 0 Å². The summed E-state index contributed by atoms with van der Waals surface area (Å²) < 4.78 is 27.0. The van der Waals surface area contributed by atoms with E-state index in [4.69, 9.17) is 0 Å². The molecule has 0 unspecified atom stereocenters. The molecule has 2 saturated heterocycles. The summed E-state index contributed by atoms with van der Waals surface area (Å²) in [5.41, 5.74) is 4.55. The summed E-state index contributed by atoms with van der Waals surface area (Å²) in [7, 11) is 0. The highest BCUT2D eigenvalue weighted by molar-refractivity contribution is 5.82. The maximum absolute atomic E-state index is 13.5. The third kappa shape index (κ3) is 5.55. The van der Waals surface area contributed by atoms with E-state index in [1.54, 1.807) is 0 Å². The first-order valence-corrected chi connectivity index (χ1v) is 11.4. The molecule has 2 aromatic rings. The number of halogens is 2. The SMILES string of the molecule is Fc1ccc(C(=C2CCN(CCCN3CCCCC3)CC2)c2ccc(F)cc2)cc1. The van der Waals surface area contributed by atoms with Gasteiger partial charge in [-0.25, -0.2) is 8.78 Å². The molecule has 0 atom stereocenters. The molecule has 0 amide bonds. The number of likely N-dealkylation sites (tertiary alicyclic amines) is 2. The topological polar surface area (TPSA) is 6.48 Å². The molecule has 0 radical (unpaired) electrons. The largest absolute Gasteiger partial charge is 0.303 e. The molecular weight excluding hydrogens is 378 g/mol. The molecule has 0 spiro atoms. The van der Waals surface area contributed by atoms with E-state index in [0.717, 1.165) is 49.2 Å². The van der Waals surface area contributed by atoms with Crippen molar-refractivity contribution >= 4 is 5.57 Å². The average Bonchev–Trinajstić information content (AvgIpc) is 2.78. The fourth-order valence-corrected chi connectivity index (χ4v) is 4.81. The first kappa shape index (κ1) is 21.2. The van der Waals surface area contributed by atoms with Gasteiger partial charge in [0.15, 0.2) is 0 Å². The summed E-state index contributed by atoms with van der Waals surface area (Å²) in [4.78, 5) is 5.18. The van der Waals surface area contributed by atoms with Crippen LogP contribution in [0.3, 0.4) is 0 Å². The third-order valence-electron chi connectivity index (χ3n) is 6.48. The summed E-state index contributed by atoms with van der Waals surface area (Å²) in [6.07, 6.45) is 7.35. The number of nitrogens with zero attached hydrogens (tertiary/aromatic N) is 2. The Morgan fingerprint density at radius 2 is 1.10 bits per heavy atom. The Morgan fingerprint density at radius 3 is 1.60 bits per heavy atom. The van der Waals surface area contributed by atoms with Crippen LogP contribution in [0.1, 0.15) is 49.7 Å². The van der Waals surface area contributed by atoms with E-state index in [2.05, 4.69) is 9.80 Å². The lowest BCUT2D eigenvalue weighted by atomic mass is 9.88. The molecule has 30 heavy (non-hydrogen) atoms. The van der Waals surface area contributed by atoms with Crippen LogP contribution < -0.4 is 0 Å². The van der Waals surface area contributed by atoms with E-state index in [1.807, 2.05) is 24.3 Å². The van der Waals surface area contributed by atoms with Gasteiger partial charge >= 0.3 is 0 Å². The molecular formula is C26H32F2N2. The molecule has 2 aliphatic heterocycles. The van der Waals surface area contributed by atoms with Crippen molar-refractivity contribution in [2.45, 2.75) is 38.5 Å². The van der Waals surface area contributed by atoms with Crippen molar-refractivity contribution in [3.05, 3.63) is 76.9 Å². The first-order chi connectivity index (χ1) is 14.7. The highest BCUT2D eigenvalue weighted by atomic mass is 19.1. The second kappa shape index (κ2) is 10.3. The van der Waals surface area contributed by atoms with Crippen LogP contribution >= 0.6 is 0 Å². The minimum atomic E-state index is -0.231. The lowest BCUT2D eigenvalue weighted by molar-refractivity contribution is 0.197. The Hall–Kier alpha value is -2.04. The zero-order chi connectivity index (χ0) is 20.8. The molecule has 0 saturated carbocycles. The van der Waals surface area contributed by atoms with Gasteiger partial charge in [0.25, 0.3) is 0 Å². The molecule has 2 heterocycles. The second-order valence-corrected chi connectivity index (χ2v) is 8.59.